The lowest BCUT2D eigenvalue weighted by Gasteiger charge is -2.35. The van der Waals surface area contributed by atoms with Crippen molar-refractivity contribution in [3.63, 3.8) is 0 Å². The van der Waals surface area contributed by atoms with E-state index in [0.29, 0.717) is 18.7 Å². The minimum atomic E-state index is -0.391. The molecule has 1 aliphatic rings. The predicted molar refractivity (Wildman–Crippen MR) is 82.0 cm³/mol. The molecule has 0 radical (unpaired) electrons. The molecule has 1 heterocycles. The van der Waals surface area contributed by atoms with Gasteiger partial charge < -0.3 is 9.80 Å². The van der Waals surface area contributed by atoms with Crippen molar-refractivity contribution in [1.82, 2.24) is 14.7 Å². The number of likely N-dealkylation sites (N-methyl/N-ethyl adjacent to an activating group) is 1. The third kappa shape index (κ3) is 4.02. The first-order valence-electron chi connectivity index (χ1n) is 7.40. The fourth-order valence-electron chi connectivity index (χ4n) is 2.50. The molecule has 0 atom stereocenters. The molecule has 0 N–H and O–H groups in total. The normalized spacial score (nSPS) is 16.5. The van der Waals surface area contributed by atoms with E-state index < -0.39 is 5.82 Å². The van der Waals surface area contributed by atoms with Crippen LogP contribution in [-0.4, -0.2) is 74.0 Å². The van der Waals surface area contributed by atoms with Crippen LogP contribution in [0, 0.1) is 12.7 Å². The zero-order chi connectivity index (χ0) is 15.4. The van der Waals surface area contributed by atoms with Gasteiger partial charge in [-0.15, -0.1) is 0 Å². The van der Waals surface area contributed by atoms with Gasteiger partial charge in [0.2, 0.25) is 0 Å². The van der Waals surface area contributed by atoms with Crippen LogP contribution < -0.4 is 0 Å². The average molecular weight is 293 g/mol. The van der Waals surface area contributed by atoms with Gasteiger partial charge in [0.25, 0.3) is 5.91 Å². The lowest BCUT2D eigenvalue weighted by molar-refractivity contribution is 0.0625. The largest absolute Gasteiger partial charge is 0.336 e. The maximum absolute atomic E-state index is 14.0. The molecule has 0 saturated carbocycles. The predicted octanol–water partition coefficient (Wildman–Crippen LogP) is 1.45. The molecule has 1 fully saturated rings. The number of carbonyl (C=O) groups excluding carboxylic acids is 1. The highest BCUT2D eigenvalue weighted by Crippen LogP contribution is 2.15. The first-order valence-corrected chi connectivity index (χ1v) is 7.40. The first kappa shape index (κ1) is 15.9. The second kappa shape index (κ2) is 7.00. The Hall–Kier alpha value is -1.46. The van der Waals surface area contributed by atoms with Crippen molar-refractivity contribution < 1.29 is 9.18 Å². The second-order valence-corrected chi connectivity index (χ2v) is 5.87. The summed E-state index contributed by atoms with van der Waals surface area (Å²) in [6.07, 6.45) is 0. The van der Waals surface area contributed by atoms with Gasteiger partial charge in [0.05, 0.1) is 5.56 Å². The number of nitrogens with zero attached hydrogens (tertiary/aromatic N) is 3. The molecule has 1 aromatic rings. The summed E-state index contributed by atoms with van der Waals surface area (Å²) >= 11 is 0. The maximum Gasteiger partial charge on any atom is 0.256 e. The highest BCUT2D eigenvalue weighted by molar-refractivity contribution is 5.94. The Morgan fingerprint density at radius 1 is 1.24 bits per heavy atom. The number of carbonyl (C=O) groups is 1. The zero-order valence-corrected chi connectivity index (χ0v) is 13.1. The van der Waals surface area contributed by atoms with Crippen LogP contribution in [0.25, 0.3) is 0 Å². The van der Waals surface area contributed by atoms with Crippen LogP contribution in [0.4, 0.5) is 4.39 Å². The van der Waals surface area contributed by atoms with Crippen molar-refractivity contribution in [2.24, 2.45) is 0 Å². The molecule has 0 aliphatic carbocycles. The van der Waals surface area contributed by atoms with Gasteiger partial charge in [-0.1, -0.05) is 12.1 Å². The number of amides is 1. The van der Waals surface area contributed by atoms with Gasteiger partial charge in [0.15, 0.2) is 0 Å². The fourth-order valence-corrected chi connectivity index (χ4v) is 2.50. The Kier molecular flexibility index (Phi) is 5.31. The van der Waals surface area contributed by atoms with Crippen LogP contribution >= 0.6 is 0 Å². The molecule has 0 unspecified atom stereocenters. The SMILES string of the molecule is Cc1cccc(C(=O)N2CCN(CCN(C)C)CC2)c1F. The summed E-state index contributed by atoms with van der Waals surface area (Å²) in [6, 6.07) is 4.99. The molecule has 0 bridgehead atoms. The Bertz CT molecular complexity index is 496. The van der Waals surface area contributed by atoms with Crippen LogP contribution in [0.1, 0.15) is 15.9 Å². The second-order valence-electron chi connectivity index (χ2n) is 5.87. The Balaban J connectivity index is 1.93. The van der Waals surface area contributed by atoms with Crippen molar-refractivity contribution >= 4 is 5.91 Å². The molecule has 0 spiro atoms. The topological polar surface area (TPSA) is 26.8 Å². The average Bonchev–Trinajstić information content (AvgIpc) is 2.48. The molecule has 1 amide bonds. The van der Waals surface area contributed by atoms with E-state index in [2.05, 4.69) is 23.9 Å². The summed E-state index contributed by atoms with van der Waals surface area (Å²) in [5.74, 6) is -0.582. The van der Waals surface area contributed by atoms with Gasteiger partial charge in [-0.05, 0) is 32.6 Å². The summed E-state index contributed by atoms with van der Waals surface area (Å²) in [5.41, 5.74) is 0.710. The molecule has 2 rings (SSSR count). The summed E-state index contributed by atoms with van der Waals surface area (Å²) < 4.78 is 14.0. The van der Waals surface area contributed by atoms with E-state index in [0.717, 1.165) is 26.2 Å². The van der Waals surface area contributed by atoms with Crippen molar-refractivity contribution in [2.75, 3.05) is 53.4 Å². The number of hydrogen-bond acceptors (Lipinski definition) is 3. The lowest BCUT2D eigenvalue weighted by Crippen LogP contribution is -2.50. The third-order valence-corrected chi connectivity index (χ3v) is 3.95. The van der Waals surface area contributed by atoms with E-state index in [9.17, 15) is 9.18 Å². The van der Waals surface area contributed by atoms with E-state index in [1.165, 1.54) is 0 Å². The highest BCUT2D eigenvalue weighted by atomic mass is 19.1. The molecule has 116 valence electrons. The van der Waals surface area contributed by atoms with Crippen LogP contribution in [0.3, 0.4) is 0 Å². The number of hydrogen-bond donors (Lipinski definition) is 0. The third-order valence-electron chi connectivity index (χ3n) is 3.95. The maximum atomic E-state index is 14.0. The van der Waals surface area contributed by atoms with Crippen LogP contribution in [0.15, 0.2) is 18.2 Å². The van der Waals surface area contributed by atoms with Gasteiger partial charge >= 0.3 is 0 Å². The molecule has 5 heteroatoms. The minimum Gasteiger partial charge on any atom is -0.336 e. The van der Waals surface area contributed by atoms with Crippen molar-refractivity contribution in [3.8, 4) is 0 Å². The molecule has 4 nitrogen and oxygen atoms in total. The van der Waals surface area contributed by atoms with Crippen molar-refractivity contribution in [3.05, 3.63) is 35.1 Å². The standard InChI is InChI=1S/C16H24FN3O/c1-13-5-4-6-14(15(13)17)16(21)20-11-9-19(10-12-20)8-7-18(2)3/h4-6H,7-12H2,1-3H3. The zero-order valence-electron chi connectivity index (χ0n) is 13.1. The highest BCUT2D eigenvalue weighted by Gasteiger charge is 2.24. The summed E-state index contributed by atoms with van der Waals surface area (Å²) in [5, 5.41) is 0. The van der Waals surface area contributed by atoms with E-state index in [4.69, 9.17) is 0 Å². The van der Waals surface area contributed by atoms with Crippen molar-refractivity contribution in [2.45, 2.75) is 6.92 Å². The molecule has 1 saturated heterocycles. The first-order chi connectivity index (χ1) is 9.99. The summed E-state index contributed by atoms with van der Waals surface area (Å²) in [7, 11) is 4.11. The summed E-state index contributed by atoms with van der Waals surface area (Å²) in [6.45, 7) is 6.75. The molecule has 1 aliphatic heterocycles. The number of halogens is 1. The van der Waals surface area contributed by atoms with E-state index >= 15 is 0 Å². The van der Waals surface area contributed by atoms with E-state index in [1.54, 1.807) is 30.0 Å². The van der Waals surface area contributed by atoms with Crippen molar-refractivity contribution in [1.29, 1.82) is 0 Å². The number of rotatable bonds is 4. The van der Waals surface area contributed by atoms with Gasteiger partial charge in [-0.3, -0.25) is 9.69 Å². The number of benzene rings is 1. The van der Waals surface area contributed by atoms with Gasteiger partial charge in [0.1, 0.15) is 5.82 Å². The van der Waals surface area contributed by atoms with Crippen LogP contribution in [0.2, 0.25) is 0 Å². The lowest BCUT2D eigenvalue weighted by atomic mass is 10.1. The van der Waals surface area contributed by atoms with Crippen LogP contribution in [-0.2, 0) is 0 Å². The van der Waals surface area contributed by atoms with E-state index in [-0.39, 0.29) is 11.5 Å². The molecular weight excluding hydrogens is 269 g/mol. The number of piperazine rings is 1. The monoisotopic (exact) mass is 293 g/mol. The summed E-state index contributed by atoms with van der Waals surface area (Å²) in [4.78, 5) is 18.7. The van der Waals surface area contributed by atoms with Gasteiger partial charge in [-0.2, -0.15) is 0 Å². The Morgan fingerprint density at radius 2 is 1.90 bits per heavy atom. The molecule has 21 heavy (non-hydrogen) atoms. The smallest absolute Gasteiger partial charge is 0.256 e. The van der Waals surface area contributed by atoms with Gasteiger partial charge in [-0.25, -0.2) is 4.39 Å². The Labute approximate surface area is 126 Å². The van der Waals surface area contributed by atoms with Gasteiger partial charge in [0, 0.05) is 39.3 Å². The fraction of sp³-hybridized carbons (Fsp3) is 0.562. The minimum absolute atomic E-state index is 0.191. The van der Waals surface area contributed by atoms with E-state index in [1.807, 2.05) is 0 Å². The van der Waals surface area contributed by atoms with Crippen LogP contribution in [0.5, 0.6) is 0 Å². The Morgan fingerprint density at radius 3 is 2.52 bits per heavy atom. The molecule has 1 aromatic carbocycles. The molecule has 0 aromatic heterocycles. The molecular formula is C16H24FN3O. The quantitative estimate of drug-likeness (QED) is 0.841. The number of aryl methyl sites for hydroxylation is 1.